The summed E-state index contributed by atoms with van der Waals surface area (Å²) in [5, 5.41) is 14.0. The number of carbonyl (C=O) groups excluding carboxylic acids is 1. The highest BCUT2D eigenvalue weighted by Crippen LogP contribution is 2.26. The Bertz CT molecular complexity index is 971. The number of hydrogen-bond donors (Lipinski definition) is 1. The molecule has 0 saturated carbocycles. The number of rotatable bonds is 5. The molecule has 3 rings (SSSR count). The maximum absolute atomic E-state index is 12.0. The minimum Gasteiger partial charge on any atom is -0.484 e. The van der Waals surface area contributed by atoms with Crippen LogP contribution in [-0.4, -0.2) is 17.5 Å². The zero-order chi connectivity index (χ0) is 18.5. The first-order chi connectivity index (χ1) is 12.5. The number of benzene rings is 2. The molecule has 0 fully saturated rings. The summed E-state index contributed by atoms with van der Waals surface area (Å²) in [6, 6.07) is 14.8. The number of amides is 1. The van der Waals surface area contributed by atoms with Crippen LogP contribution in [0.3, 0.4) is 0 Å². The monoisotopic (exact) mass is 363 g/mol. The van der Waals surface area contributed by atoms with Crippen molar-refractivity contribution in [2.24, 2.45) is 0 Å². The summed E-state index contributed by atoms with van der Waals surface area (Å²) < 4.78 is 5.42. The molecule has 0 aliphatic rings. The van der Waals surface area contributed by atoms with Gasteiger partial charge in [-0.3, -0.25) is 10.1 Å². The van der Waals surface area contributed by atoms with Crippen LogP contribution in [0.1, 0.15) is 16.7 Å². The van der Waals surface area contributed by atoms with E-state index in [1.807, 2.05) is 17.5 Å². The lowest BCUT2D eigenvalue weighted by atomic mass is 10.1. The summed E-state index contributed by atoms with van der Waals surface area (Å²) in [6.45, 7) is 4.01. The SMILES string of the molecule is Cc1ccc(-c2csc(NC(=O)COc3ccc(C#N)cc3)n2)cc1C. The fraction of sp³-hybridized carbons (Fsp3) is 0.150. The smallest absolute Gasteiger partial charge is 0.264 e. The van der Waals surface area contributed by atoms with Gasteiger partial charge in [-0.05, 0) is 55.3 Å². The van der Waals surface area contributed by atoms with Gasteiger partial charge in [-0.2, -0.15) is 5.26 Å². The number of carbonyl (C=O) groups is 1. The lowest BCUT2D eigenvalue weighted by Crippen LogP contribution is -2.20. The predicted octanol–water partition coefficient (Wildman–Crippen LogP) is 4.32. The highest BCUT2D eigenvalue weighted by atomic mass is 32.1. The van der Waals surface area contributed by atoms with E-state index in [1.165, 1.54) is 22.5 Å². The number of aromatic nitrogens is 1. The normalized spacial score (nSPS) is 10.2. The van der Waals surface area contributed by atoms with Crippen LogP contribution in [-0.2, 0) is 4.79 Å². The second-order valence-corrected chi connectivity index (χ2v) is 6.67. The van der Waals surface area contributed by atoms with E-state index in [0.717, 1.165) is 11.3 Å². The molecule has 26 heavy (non-hydrogen) atoms. The van der Waals surface area contributed by atoms with Gasteiger partial charge < -0.3 is 4.74 Å². The van der Waals surface area contributed by atoms with Gasteiger partial charge in [0.1, 0.15) is 5.75 Å². The third-order valence-corrected chi connectivity index (χ3v) is 4.66. The Kier molecular flexibility index (Phi) is 5.30. The third-order valence-electron chi connectivity index (χ3n) is 3.91. The van der Waals surface area contributed by atoms with Crippen molar-refractivity contribution in [3.8, 4) is 23.1 Å². The van der Waals surface area contributed by atoms with Gasteiger partial charge in [0, 0.05) is 10.9 Å². The van der Waals surface area contributed by atoms with E-state index in [2.05, 4.69) is 36.3 Å². The molecular formula is C20H17N3O2S. The van der Waals surface area contributed by atoms with Crippen LogP contribution in [0.5, 0.6) is 5.75 Å². The number of ether oxygens (including phenoxy) is 1. The van der Waals surface area contributed by atoms with Gasteiger partial charge in [0.15, 0.2) is 11.7 Å². The first-order valence-electron chi connectivity index (χ1n) is 8.01. The summed E-state index contributed by atoms with van der Waals surface area (Å²) in [5.41, 5.74) is 4.85. The van der Waals surface area contributed by atoms with Gasteiger partial charge in [-0.15, -0.1) is 11.3 Å². The van der Waals surface area contributed by atoms with Gasteiger partial charge in [0.05, 0.1) is 17.3 Å². The second-order valence-electron chi connectivity index (χ2n) is 5.81. The zero-order valence-corrected chi connectivity index (χ0v) is 15.3. The van der Waals surface area contributed by atoms with Crippen LogP contribution < -0.4 is 10.1 Å². The standard InChI is InChI=1S/C20H17N3O2S/c1-13-3-6-16(9-14(13)2)18-12-26-20(22-18)23-19(24)11-25-17-7-4-15(10-21)5-8-17/h3-9,12H,11H2,1-2H3,(H,22,23,24). The molecule has 0 atom stereocenters. The second kappa shape index (κ2) is 7.81. The van der Waals surface area contributed by atoms with E-state index in [9.17, 15) is 4.79 Å². The summed E-state index contributed by atoms with van der Waals surface area (Å²) in [5.74, 6) is 0.254. The Morgan fingerprint density at radius 1 is 1.19 bits per heavy atom. The molecule has 3 aromatic rings. The summed E-state index contributed by atoms with van der Waals surface area (Å²) >= 11 is 1.37. The van der Waals surface area contributed by atoms with Crippen molar-refractivity contribution in [3.63, 3.8) is 0 Å². The van der Waals surface area contributed by atoms with Gasteiger partial charge in [-0.25, -0.2) is 4.98 Å². The molecule has 1 aromatic heterocycles. The van der Waals surface area contributed by atoms with Crippen LogP contribution >= 0.6 is 11.3 Å². The van der Waals surface area contributed by atoms with E-state index >= 15 is 0 Å². The van der Waals surface area contributed by atoms with Crippen molar-refractivity contribution in [2.75, 3.05) is 11.9 Å². The fourth-order valence-electron chi connectivity index (χ4n) is 2.29. The highest BCUT2D eigenvalue weighted by Gasteiger charge is 2.09. The van der Waals surface area contributed by atoms with Gasteiger partial charge in [0.25, 0.3) is 5.91 Å². The minimum absolute atomic E-state index is 0.121. The number of nitriles is 1. The number of hydrogen-bond acceptors (Lipinski definition) is 5. The molecule has 1 heterocycles. The van der Waals surface area contributed by atoms with Gasteiger partial charge >= 0.3 is 0 Å². The highest BCUT2D eigenvalue weighted by molar-refractivity contribution is 7.14. The molecule has 5 nitrogen and oxygen atoms in total. The van der Waals surface area contributed by atoms with Crippen molar-refractivity contribution in [2.45, 2.75) is 13.8 Å². The molecular weight excluding hydrogens is 346 g/mol. The Morgan fingerprint density at radius 3 is 2.65 bits per heavy atom. The van der Waals surface area contributed by atoms with Gasteiger partial charge in [0.2, 0.25) is 0 Å². The van der Waals surface area contributed by atoms with Crippen molar-refractivity contribution in [1.82, 2.24) is 4.98 Å². The number of nitrogens with one attached hydrogen (secondary N) is 1. The molecule has 0 aliphatic carbocycles. The van der Waals surface area contributed by atoms with Crippen LogP contribution in [0, 0.1) is 25.2 Å². The van der Waals surface area contributed by atoms with Gasteiger partial charge in [-0.1, -0.05) is 12.1 Å². The Hall–Kier alpha value is -3.17. The molecule has 0 bridgehead atoms. The number of nitrogens with zero attached hydrogens (tertiary/aromatic N) is 2. The van der Waals surface area contributed by atoms with E-state index in [4.69, 9.17) is 10.00 Å². The molecule has 0 radical (unpaired) electrons. The molecule has 2 aromatic carbocycles. The lowest BCUT2D eigenvalue weighted by Gasteiger charge is -2.05. The quantitative estimate of drug-likeness (QED) is 0.733. The maximum atomic E-state index is 12.0. The van der Waals surface area contributed by atoms with E-state index in [-0.39, 0.29) is 12.5 Å². The van der Waals surface area contributed by atoms with Crippen LogP contribution in [0.15, 0.2) is 47.8 Å². The average Bonchev–Trinajstić information content (AvgIpc) is 3.11. The molecule has 0 unspecified atom stereocenters. The Labute approximate surface area is 155 Å². The maximum Gasteiger partial charge on any atom is 0.264 e. The zero-order valence-electron chi connectivity index (χ0n) is 14.4. The third kappa shape index (κ3) is 4.26. The largest absolute Gasteiger partial charge is 0.484 e. The molecule has 0 spiro atoms. The van der Waals surface area contributed by atoms with Crippen LogP contribution in [0.2, 0.25) is 0 Å². The van der Waals surface area contributed by atoms with E-state index in [0.29, 0.717) is 16.4 Å². The summed E-state index contributed by atoms with van der Waals surface area (Å²) in [7, 11) is 0. The molecule has 130 valence electrons. The number of aryl methyl sites for hydroxylation is 2. The first kappa shape index (κ1) is 17.6. The minimum atomic E-state index is -0.282. The summed E-state index contributed by atoms with van der Waals surface area (Å²) in [6.07, 6.45) is 0. The molecule has 0 aliphatic heterocycles. The molecule has 1 amide bonds. The molecule has 1 N–H and O–H groups in total. The Balaban J connectivity index is 1.58. The number of anilines is 1. The fourth-order valence-corrected chi connectivity index (χ4v) is 3.03. The first-order valence-corrected chi connectivity index (χ1v) is 8.89. The van der Waals surface area contributed by atoms with Crippen molar-refractivity contribution >= 4 is 22.4 Å². The Morgan fingerprint density at radius 2 is 1.96 bits per heavy atom. The van der Waals surface area contributed by atoms with Crippen molar-refractivity contribution < 1.29 is 9.53 Å². The van der Waals surface area contributed by atoms with Crippen molar-refractivity contribution in [1.29, 1.82) is 5.26 Å². The summed E-state index contributed by atoms with van der Waals surface area (Å²) in [4.78, 5) is 16.5. The topological polar surface area (TPSA) is 75.0 Å². The molecule has 0 saturated heterocycles. The average molecular weight is 363 g/mol. The lowest BCUT2D eigenvalue weighted by molar-refractivity contribution is -0.118. The molecule has 6 heteroatoms. The van der Waals surface area contributed by atoms with E-state index in [1.54, 1.807) is 24.3 Å². The van der Waals surface area contributed by atoms with Crippen molar-refractivity contribution in [3.05, 3.63) is 64.5 Å². The number of thiazole rings is 1. The van der Waals surface area contributed by atoms with Crippen LogP contribution in [0.4, 0.5) is 5.13 Å². The van der Waals surface area contributed by atoms with Crippen LogP contribution in [0.25, 0.3) is 11.3 Å². The van der Waals surface area contributed by atoms with E-state index < -0.39 is 0 Å². The predicted molar refractivity (Wildman–Crippen MR) is 102 cm³/mol.